The van der Waals surface area contributed by atoms with Crippen LogP contribution in [0.5, 0.6) is 0 Å². The Balaban J connectivity index is 0.00000265. The topological polar surface area (TPSA) is 131 Å². The molecule has 3 aromatic rings. The van der Waals surface area contributed by atoms with Crippen molar-refractivity contribution >= 4 is 47.3 Å². The number of nitrogens with one attached hydrogen (secondary N) is 2. The second-order valence-corrected chi connectivity index (χ2v) is 11.3. The summed E-state index contributed by atoms with van der Waals surface area (Å²) >= 11 is 0. The number of carbonyl (C=O) groups is 4. The molecule has 1 aromatic heterocycles. The molecule has 5 rings (SSSR count). The number of hydrogen-bond acceptors (Lipinski definition) is 10. The zero-order valence-electron chi connectivity index (χ0n) is 28.0. The lowest BCUT2D eigenvalue weighted by molar-refractivity contribution is -0.139. The molecule has 2 N–H and O–H groups in total. The number of carbonyl (C=O) groups excluding carboxylic acids is 4. The first kappa shape index (κ1) is 36.6. The van der Waals surface area contributed by atoms with E-state index < -0.39 is 35.5 Å². The molecular weight excluding hydrogens is 641 g/mol. The molecule has 2 aliphatic rings. The molecule has 15 heteroatoms. The third-order valence-corrected chi connectivity index (χ3v) is 8.38. The standard InChI is InChI=1S/C32H35F3N8O4.C2H6/c1-21-24(30(47)43(20-44)26-10-11-28(45)39-29(26)46)4-3-5-25(21)40(2)15-14-37-31-36-13-12-27(38-31)42-18-16-41(17-19-42)23-8-6-22(7-9-23)32(33,34)35;1-2/h3-9,12-13,20,26H,10-11,14-19H2,1-2H3,(H,36,37,38)(H,39,45,46);1-2H3. The molecule has 0 radical (unpaired) electrons. The number of nitrogens with zero attached hydrogens (tertiary/aromatic N) is 6. The van der Waals surface area contributed by atoms with Crippen LogP contribution in [0.25, 0.3) is 0 Å². The van der Waals surface area contributed by atoms with Gasteiger partial charge in [0.2, 0.25) is 24.2 Å². The van der Waals surface area contributed by atoms with Crippen LogP contribution in [0.3, 0.4) is 0 Å². The fourth-order valence-electron chi connectivity index (χ4n) is 5.74. The van der Waals surface area contributed by atoms with Crippen LogP contribution in [0.4, 0.5) is 36.3 Å². The van der Waals surface area contributed by atoms with Crippen LogP contribution in [0.2, 0.25) is 0 Å². The minimum atomic E-state index is -4.36. The fraction of sp³-hybridized carbons (Fsp3) is 0.412. The molecule has 4 amide bonds. The maximum absolute atomic E-state index is 13.3. The van der Waals surface area contributed by atoms with Gasteiger partial charge in [-0.15, -0.1) is 0 Å². The first-order valence-corrected chi connectivity index (χ1v) is 16.1. The minimum absolute atomic E-state index is 0.0396. The number of halogens is 3. The van der Waals surface area contributed by atoms with Gasteiger partial charge in [-0.25, -0.2) is 4.98 Å². The number of likely N-dealkylation sites (N-methyl/N-ethyl adjacent to an activating group) is 1. The van der Waals surface area contributed by atoms with Crippen molar-refractivity contribution in [1.29, 1.82) is 0 Å². The average molecular weight is 683 g/mol. The van der Waals surface area contributed by atoms with Gasteiger partial charge in [-0.1, -0.05) is 19.9 Å². The van der Waals surface area contributed by atoms with Crippen molar-refractivity contribution < 1.29 is 32.3 Å². The summed E-state index contributed by atoms with van der Waals surface area (Å²) in [6.45, 7) is 9.28. The Morgan fingerprint density at radius 2 is 1.71 bits per heavy atom. The lowest BCUT2D eigenvalue weighted by atomic mass is 10.0. The quantitative estimate of drug-likeness (QED) is 0.238. The Kier molecular flexibility index (Phi) is 12.2. The van der Waals surface area contributed by atoms with Gasteiger partial charge in [-0.3, -0.25) is 29.4 Å². The first-order chi connectivity index (χ1) is 23.5. The molecule has 2 fully saturated rings. The van der Waals surface area contributed by atoms with Gasteiger partial charge in [-0.05, 0) is 61.4 Å². The Morgan fingerprint density at radius 1 is 1.04 bits per heavy atom. The van der Waals surface area contributed by atoms with Gasteiger partial charge in [0.05, 0.1) is 5.56 Å². The molecule has 12 nitrogen and oxygen atoms in total. The number of piperazine rings is 1. The summed E-state index contributed by atoms with van der Waals surface area (Å²) in [4.78, 5) is 64.9. The minimum Gasteiger partial charge on any atom is -0.373 e. The van der Waals surface area contributed by atoms with Crippen LogP contribution in [-0.2, 0) is 20.6 Å². The van der Waals surface area contributed by atoms with Crippen molar-refractivity contribution in [2.24, 2.45) is 0 Å². The highest BCUT2D eigenvalue weighted by atomic mass is 19.4. The predicted molar refractivity (Wildman–Crippen MR) is 181 cm³/mol. The van der Waals surface area contributed by atoms with E-state index in [-0.39, 0.29) is 18.4 Å². The highest BCUT2D eigenvalue weighted by molar-refractivity contribution is 6.08. The Bertz CT molecular complexity index is 1630. The normalized spacial score (nSPS) is 16.3. The van der Waals surface area contributed by atoms with E-state index in [1.807, 2.05) is 42.8 Å². The second-order valence-electron chi connectivity index (χ2n) is 11.3. The van der Waals surface area contributed by atoms with E-state index in [9.17, 15) is 32.3 Å². The number of rotatable bonds is 10. The molecule has 0 aliphatic carbocycles. The van der Waals surface area contributed by atoms with Crippen molar-refractivity contribution in [2.45, 2.75) is 45.8 Å². The van der Waals surface area contributed by atoms with Crippen molar-refractivity contribution in [3.8, 4) is 0 Å². The van der Waals surface area contributed by atoms with Crippen molar-refractivity contribution in [3.63, 3.8) is 0 Å². The van der Waals surface area contributed by atoms with Gasteiger partial charge in [0.1, 0.15) is 11.9 Å². The lowest BCUT2D eigenvalue weighted by Gasteiger charge is -2.36. The number of alkyl halides is 3. The third kappa shape index (κ3) is 8.83. The number of aromatic nitrogens is 2. The molecule has 49 heavy (non-hydrogen) atoms. The van der Waals surface area contributed by atoms with Gasteiger partial charge in [0.25, 0.3) is 5.91 Å². The van der Waals surface area contributed by atoms with Crippen molar-refractivity contribution in [2.75, 3.05) is 66.3 Å². The maximum atomic E-state index is 13.3. The molecule has 0 spiro atoms. The Morgan fingerprint density at radius 3 is 2.35 bits per heavy atom. The number of benzene rings is 2. The average Bonchev–Trinajstić information content (AvgIpc) is 3.10. The van der Waals surface area contributed by atoms with Crippen LogP contribution in [0.1, 0.15) is 48.2 Å². The molecular formula is C34H41F3N8O4. The van der Waals surface area contributed by atoms with Crippen LogP contribution < -0.4 is 25.3 Å². The second kappa shape index (κ2) is 16.3. The largest absolute Gasteiger partial charge is 0.416 e. The number of hydrogen-bond donors (Lipinski definition) is 2. The maximum Gasteiger partial charge on any atom is 0.416 e. The van der Waals surface area contributed by atoms with Gasteiger partial charge in [0, 0.05) is 75.9 Å². The van der Waals surface area contributed by atoms with Crippen LogP contribution in [-0.4, -0.2) is 91.4 Å². The van der Waals surface area contributed by atoms with E-state index in [1.54, 1.807) is 25.3 Å². The molecule has 1 atom stereocenters. The molecule has 0 saturated carbocycles. The molecule has 2 aliphatic heterocycles. The summed E-state index contributed by atoms with van der Waals surface area (Å²) in [5, 5.41) is 5.40. The smallest absolute Gasteiger partial charge is 0.373 e. The van der Waals surface area contributed by atoms with Gasteiger partial charge in [0.15, 0.2) is 0 Å². The monoisotopic (exact) mass is 682 g/mol. The van der Waals surface area contributed by atoms with E-state index in [0.717, 1.165) is 34.2 Å². The van der Waals surface area contributed by atoms with Crippen LogP contribution in [0, 0.1) is 6.92 Å². The zero-order chi connectivity index (χ0) is 35.7. The summed E-state index contributed by atoms with van der Waals surface area (Å²) in [5.74, 6) is -0.558. The van der Waals surface area contributed by atoms with E-state index >= 15 is 0 Å². The van der Waals surface area contributed by atoms with E-state index in [4.69, 9.17) is 0 Å². The molecule has 0 bridgehead atoms. The van der Waals surface area contributed by atoms with Gasteiger partial charge < -0.3 is 20.0 Å². The molecule has 2 aromatic carbocycles. The van der Waals surface area contributed by atoms with Gasteiger partial charge in [-0.2, -0.15) is 18.2 Å². The highest BCUT2D eigenvalue weighted by Crippen LogP contribution is 2.31. The summed E-state index contributed by atoms with van der Waals surface area (Å²) in [6, 6.07) is 11.1. The van der Waals surface area contributed by atoms with Crippen LogP contribution >= 0.6 is 0 Å². The summed E-state index contributed by atoms with van der Waals surface area (Å²) < 4.78 is 38.7. The number of piperidine rings is 1. The molecule has 3 heterocycles. The van der Waals surface area contributed by atoms with E-state index in [1.165, 1.54) is 12.1 Å². The number of anilines is 4. The Labute approximate surface area is 283 Å². The lowest BCUT2D eigenvalue weighted by Crippen LogP contribution is -2.54. The zero-order valence-corrected chi connectivity index (χ0v) is 28.0. The molecule has 262 valence electrons. The van der Waals surface area contributed by atoms with E-state index in [2.05, 4.69) is 25.5 Å². The predicted octanol–water partition coefficient (Wildman–Crippen LogP) is 4.11. The van der Waals surface area contributed by atoms with Crippen LogP contribution in [0.15, 0.2) is 54.7 Å². The van der Waals surface area contributed by atoms with Crippen molar-refractivity contribution in [1.82, 2.24) is 20.2 Å². The van der Waals surface area contributed by atoms with E-state index in [0.29, 0.717) is 57.2 Å². The summed E-state index contributed by atoms with van der Waals surface area (Å²) in [7, 11) is 1.86. The molecule has 2 saturated heterocycles. The third-order valence-electron chi connectivity index (χ3n) is 8.38. The number of imide groups is 2. The SMILES string of the molecule is CC.Cc1c(C(=O)N(C=O)C2CCC(=O)NC2=O)cccc1N(C)CCNc1nccc(N2CCN(c3ccc(C(F)(F)F)cc3)CC2)n1. The number of amides is 4. The summed E-state index contributed by atoms with van der Waals surface area (Å²) in [5.41, 5.74) is 1.74. The highest BCUT2D eigenvalue weighted by Gasteiger charge is 2.35. The fourth-order valence-corrected chi connectivity index (χ4v) is 5.74. The summed E-state index contributed by atoms with van der Waals surface area (Å²) in [6.07, 6.45) is -2.26. The Hall–Kier alpha value is -5.21. The van der Waals surface area contributed by atoms with Gasteiger partial charge >= 0.3 is 6.18 Å². The van der Waals surface area contributed by atoms with Crippen molar-refractivity contribution in [3.05, 3.63) is 71.4 Å². The molecule has 1 unspecified atom stereocenters. The first-order valence-electron chi connectivity index (χ1n) is 16.1.